The summed E-state index contributed by atoms with van der Waals surface area (Å²) in [7, 11) is 0. The van der Waals surface area contributed by atoms with Gasteiger partial charge in [0, 0.05) is 11.5 Å². The van der Waals surface area contributed by atoms with Crippen molar-refractivity contribution in [1.29, 1.82) is 0 Å². The number of ether oxygens (including phenoxy) is 1. The maximum absolute atomic E-state index is 11.1. The molecule has 2 aromatic rings. The highest BCUT2D eigenvalue weighted by Crippen LogP contribution is 2.26. The van der Waals surface area contributed by atoms with Crippen molar-refractivity contribution in [2.24, 2.45) is 0 Å². The summed E-state index contributed by atoms with van der Waals surface area (Å²) >= 11 is 0. The molecule has 1 aromatic carbocycles. The standard InChI is InChI=1S/C12H12O3/c1-3-14-10-6-4-8(2)9-5-7-11(13)15-12(9)10/h4-7H,3H2,1-2H3. The Balaban J connectivity index is 2.77. The van der Waals surface area contributed by atoms with Crippen LogP contribution in [0.2, 0.25) is 0 Å². The molecule has 0 saturated carbocycles. The van der Waals surface area contributed by atoms with Gasteiger partial charge >= 0.3 is 5.63 Å². The molecule has 0 fully saturated rings. The normalized spacial score (nSPS) is 10.5. The Morgan fingerprint density at radius 2 is 2.07 bits per heavy atom. The molecular formula is C12H12O3. The molecule has 0 N–H and O–H groups in total. The second-order valence-electron chi connectivity index (χ2n) is 3.31. The zero-order chi connectivity index (χ0) is 10.8. The fourth-order valence-electron chi connectivity index (χ4n) is 1.55. The van der Waals surface area contributed by atoms with Gasteiger partial charge in [-0.2, -0.15) is 0 Å². The summed E-state index contributed by atoms with van der Waals surface area (Å²) in [5, 5.41) is 0.917. The van der Waals surface area contributed by atoms with Gasteiger partial charge in [-0.25, -0.2) is 4.79 Å². The second-order valence-corrected chi connectivity index (χ2v) is 3.31. The summed E-state index contributed by atoms with van der Waals surface area (Å²) in [6, 6.07) is 6.96. The zero-order valence-electron chi connectivity index (χ0n) is 8.74. The van der Waals surface area contributed by atoms with Crippen LogP contribution in [0.1, 0.15) is 12.5 Å². The smallest absolute Gasteiger partial charge is 0.336 e. The molecule has 0 atom stereocenters. The molecule has 78 valence electrons. The maximum Gasteiger partial charge on any atom is 0.336 e. The van der Waals surface area contributed by atoms with Crippen LogP contribution in [0.4, 0.5) is 0 Å². The van der Waals surface area contributed by atoms with Crippen LogP contribution in [0, 0.1) is 6.92 Å². The maximum atomic E-state index is 11.1. The van der Waals surface area contributed by atoms with Crippen LogP contribution in [0.3, 0.4) is 0 Å². The first kappa shape index (κ1) is 9.77. The summed E-state index contributed by atoms with van der Waals surface area (Å²) in [5.41, 5.74) is 1.25. The molecule has 3 heteroatoms. The first-order valence-corrected chi connectivity index (χ1v) is 4.88. The Hall–Kier alpha value is -1.77. The van der Waals surface area contributed by atoms with Crippen LogP contribution in [0.5, 0.6) is 5.75 Å². The van der Waals surface area contributed by atoms with Crippen LogP contribution < -0.4 is 10.4 Å². The predicted octanol–water partition coefficient (Wildman–Crippen LogP) is 2.50. The summed E-state index contributed by atoms with van der Waals surface area (Å²) < 4.78 is 10.5. The van der Waals surface area contributed by atoms with Crippen molar-refractivity contribution in [1.82, 2.24) is 0 Å². The van der Waals surface area contributed by atoms with Gasteiger partial charge in [0.2, 0.25) is 0 Å². The van der Waals surface area contributed by atoms with E-state index in [2.05, 4.69) is 0 Å². The van der Waals surface area contributed by atoms with Crippen LogP contribution in [-0.2, 0) is 0 Å². The van der Waals surface area contributed by atoms with Gasteiger partial charge in [-0.3, -0.25) is 0 Å². The molecule has 3 nitrogen and oxygen atoms in total. The average molecular weight is 204 g/mol. The Bertz CT molecular complexity index is 540. The second kappa shape index (κ2) is 3.77. The van der Waals surface area contributed by atoms with E-state index < -0.39 is 0 Å². The van der Waals surface area contributed by atoms with E-state index in [0.29, 0.717) is 17.9 Å². The lowest BCUT2D eigenvalue weighted by molar-refractivity contribution is 0.337. The van der Waals surface area contributed by atoms with E-state index in [-0.39, 0.29) is 5.63 Å². The monoisotopic (exact) mass is 204 g/mol. The zero-order valence-corrected chi connectivity index (χ0v) is 8.74. The molecule has 1 heterocycles. The van der Waals surface area contributed by atoms with Crippen molar-refractivity contribution < 1.29 is 9.15 Å². The van der Waals surface area contributed by atoms with Gasteiger partial charge in [-0.05, 0) is 31.5 Å². The molecule has 1 aromatic heterocycles. The highest BCUT2D eigenvalue weighted by Gasteiger charge is 2.06. The first-order valence-electron chi connectivity index (χ1n) is 4.88. The van der Waals surface area contributed by atoms with Gasteiger partial charge in [-0.15, -0.1) is 0 Å². The number of fused-ring (bicyclic) bond motifs is 1. The van der Waals surface area contributed by atoms with Crippen LogP contribution >= 0.6 is 0 Å². The van der Waals surface area contributed by atoms with E-state index in [0.717, 1.165) is 10.9 Å². The SMILES string of the molecule is CCOc1ccc(C)c2ccc(=O)oc12. The van der Waals surface area contributed by atoms with E-state index in [1.807, 2.05) is 26.0 Å². The number of rotatable bonds is 2. The lowest BCUT2D eigenvalue weighted by atomic mass is 10.1. The fraction of sp³-hybridized carbons (Fsp3) is 0.250. The van der Waals surface area contributed by atoms with E-state index in [1.54, 1.807) is 6.07 Å². The van der Waals surface area contributed by atoms with Crippen molar-refractivity contribution in [3.8, 4) is 5.75 Å². The Labute approximate surface area is 87.3 Å². The summed E-state index contributed by atoms with van der Waals surface area (Å²) in [5.74, 6) is 0.621. The molecule has 2 rings (SSSR count). The number of aryl methyl sites for hydroxylation is 1. The van der Waals surface area contributed by atoms with Gasteiger partial charge in [0.25, 0.3) is 0 Å². The third-order valence-electron chi connectivity index (χ3n) is 2.27. The van der Waals surface area contributed by atoms with Crippen LogP contribution in [-0.4, -0.2) is 6.61 Å². The van der Waals surface area contributed by atoms with E-state index in [4.69, 9.17) is 9.15 Å². The summed E-state index contributed by atoms with van der Waals surface area (Å²) in [4.78, 5) is 11.1. The van der Waals surface area contributed by atoms with Gasteiger partial charge < -0.3 is 9.15 Å². The van der Waals surface area contributed by atoms with Crippen molar-refractivity contribution in [3.05, 3.63) is 40.2 Å². The summed E-state index contributed by atoms with van der Waals surface area (Å²) in [6.45, 7) is 4.42. The topological polar surface area (TPSA) is 39.4 Å². The number of hydrogen-bond donors (Lipinski definition) is 0. The molecule has 0 amide bonds. The average Bonchev–Trinajstić information content (AvgIpc) is 2.22. The minimum atomic E-state index is -0.353. The number of hydrogen-bond acceptors (Lipinski definition) is 3. The number of benzene rings is 1. The molecule has 0 aliphatic carbocycles. The highest BCUT2D eigenvalue weighted by molar-refractivity contribution is 5.85. The minimum Gasteiger partial charge on any atom is -0.490 e. The van der Waals surface area contributed by atoms with Crippen molar-refractivity contribution in [2.75, 3.05) is 6.61 Å². The molecule has 0 radical (unpaired) electrons. The quantitative estimate of drug-likeness (QED) is 0.705. The third-order valence-corrected chi connectivity index (χ3v) is 2.27. The Morgan fingerprint density at radius 1 is 1.27 bits per heavy atom. The lowest BCUT2D eigenvalue weighted by Crippen LogP contribution is -1.98. The molecule has 0 aliphatic rings. The van der Waals surface area contributed by atoms with E-state index in [1.165, 1.54) is 6.07 Å². The lowest BCUT2D eigenvalue weighted by Gasteiger charge is -2.07. The third kappa shape index (κ3) is 1.73. The molecule has 0 aliphatic heterocycles. The largest absolute Gasteiger partial charge is 0.490 e. The van der Waals surface area contributed by atoms with Crippen molar-refractivity contribution >= 4 is 11.0 Å². The van der Waals surface area contributed by atoms with E-state index in [9.17, 15) is 4.79 Å². The van der Waals surface area contributed by atoms with Crippen molar-refractivity contribution in [2.45, 2.75) is 13.8 Å². The van der Waals surface area contributed by atoms with Crippen LogP contribution in [0.15, 0.2) is 33.5 Å². The molecule has 0 saturated heterocycles. The van der Waals surface area contributed by atoms with Gasteiger partial charge in [0.05, 0.1) is 6.61 Å². The van der Waals surface area contributed by atoms with Gasteiger partial charge in [-0.1, -0.05) is 6.07 Å². The first-order chi connectivity index (χ1) is 7.22. The highest BCUT2D eigenvalue weighted by atomic mass is 16.5. The molecular weight excluding hydrogens is 192 g/mol. The van der Waals surface area contributed by atoms with Gasteiger partial charge in [0.15, 0.2) is 11.3 Å². The predicted molar refractivity (Wildman–Crippen MR) is 58.4 cm³/mol. The Morgan fingerprint density at radius 3 is 2.80 bits per heavy atom. The fourth-order valence-corrected chi connectivity index (χ4v) is 1.55. The van der Waals surface area contributed by atoms with E-state index >= 15 is 0 Å². The molecule has 0 bridgehead atoms. The van der Waals surface area contributed by atoms with Crippen molar-refractivity contribution in [3.63, 3.8) is 0 Å². The van der Waals surface area contributed by atoms with Crippen LogP contribution in [0.25, 0.3) is 11.0 Å². The minimum absolute atomic E-state index is 0.353. The molecule has 0 spiro atoms. The van der Waals surface area contributed by atoms with Gasteiger partial charge in [0.1, 0.15) is 0 Å². The molecule has 15 heavy (non-hydrogen) atoms. The Kier molecular flexibility index (Phi) is 2.46. The molecule has 0 unspecified atom stereocenters. The summed E-state index contributed by atoms with van der Waals surface area (Å²) in [6.07, 6.45) is 0.